The number of aromatic amines is 1. The van der Waals surface area contributed by atoms with Crippen LogP contribution in [0.2, 0.25) is 0 Å². The van der Waals surface area contributed by atoms with Gasteiger partial charge in [-0.25, -0.2) is 4.79 Å². The summed E-state index contributed by atoms with van der Waals surface area (Å²) in [5.74, 6) is -0.333. The molecule has 0 atom stereocenters. The second-order valence-electron chi connectivity index (χ2n) is 3.48. The highest BCUT2D eigenvalue weighted by atomic mass is 19.3. The number of ether oxygens (including phenoxy) is 1. The van der Waals surface area contributed by atoms with Gasteiger partial charge in [-0.1, -0.05) is 12.1 Å². The van der Waals surface area contributed by atoms with Gasteiger partial charge in [0, 0.05) is 0 Å². The summed E-state index contributed by atoms with van der Waals surface area (Å²) in [6.45, 7) is -2.91. The minimum absolute atomic E-state index is 0.0109. The summed E-state index contributed by atoms with van der Waals surface area (Å²) in [7, 11) is 0. The molecule has 6 nitrogen and oxygen atoms in total. The second kappa shape index (κ2) is 5.34. The van der Waals surface area contributed by atoms with Gasteiger partial charge in [-0.3, -0.25) is 4.98 Å². The first-order chi connectivity index (χ1) is 9.04. The fourth-order valence-electron chi connectivity index (χ4n) is 1.36. The Hall–Kier alpha value is -2.64. The number of aromatic hydroxyl groups is 1. The molecule has 2 N–H and O–H groups in total. The van der Waals surface area contributed by atoms with Gasteiger partial charge >= 0.3 is 12.3 Å². The first-order valence-corrected chi connectivity index (χ1v) is 5.14. The van der Waals surface area contributed by atoms with Crippen LogP contribution in [0, 0.1) is 0 Å². The molecular formula is C11H9F2N3O3. The van der Waals surface area contributed by atoms with E-state index in [1.54, 1.807) is 6.07 Å². The Morgan fingerprint density at radius 3 is 2.89 bits per heavy atom. The standard InChI is InChI=1S/C11H9F2N3O3/c12-10(13)19-8-3-1-2-7(4-8)5-14-16-6-9(17)15-11(16)18/h1-6,10,17H,(H,15,18)/b14-5-. The number of hydrogen-bond acceptors (Lipinski definition) is 4. The van der Waals surface area contributed by atoms with Crippen molar-refractivity contribution in [3.63, 3.8) is 0 Å². The zero-order valence-electron chi connectivity index (χ0n) is 9.46. The average Bonchev–Trinajstić information content (AvgIpc) is 2.65. The number of nitrogens with one attached hydrogen (secondary N) is 1. The molecule has 19 heavy (non-hydrogen) atoms. The molecule has 0 radical (unpaired) electrons. The molecule has 1 heterocycles. The van der Waals surface area contributed by atoms with E-state index >= 15 is 0 Å². The normalized spacial score (nSPS) is 11.3. The molecule has 8 heteroatoms. The van der Waals surface area contributed by atoms with Crippen LogP contribution < -0.4 is 10.4 Å². The molecule has 0 aliphatic carbocycles. The van der Waals surface area contributed by atoms with E-state index in [0.717, 1.165) is 10.9 Å². The van der Waals surface area contributed by atoms with Crippen molar-refractivity contribution in [1.29, 1.82) is 0 Å². The largest absolute Gasteiger partial charge is 0.493 e. The van der Waals surface area contributed by atoms with Gasteiger partial charge in [0.05, 0.1) is 12.4 Å². The van der Waals surface area contributed by atoms with Gasteiger partial charge in [-0.05, 0) is 17.7 Å². The third kappa shape index (κ3) is 3.41. The van der Waals surface area contributed by atoms with Crippen LogP contribution in [0.5, 0.6) is 11.6 Å². The Morgan fingerprint density at radius 1 is 1.47 bits per heavy atom. The van der Waals surface area contributed by atoms with Crippen molar-refractivity contribution in [2.24, 2.45) is 5.10 Å². The maximum absolute atomic E-state index is 12.0. The minimum Gasteiger partial charge on any atom is -0.493 e. The number of aromatic nitrogens is 2. The molecule has 1 aromatic heterocycles. The van der Waals surface area contributed by atoms with Crippen LogP contribution in [0.4, 0.5) is 8.78 Å². The average molecular weight is 269 g/mol. The van der Waals surface area contributed by atoms with E-state index < -0.39 is 12.3 Å². The summed E-state index contributed by atoms with van der Waals surface area (Å²) in [6.07, 6.45) is 2.35. The predicted octanol–water partition coefficient (Wildman–Crippen LogP) is 1.37. The summed E-state index contributed by atoms with van der Waals surface area (Å²) in [6, 6.07) is 5.82. The summed E-state index contributed by atoms with van der Waals surface area (Å²) in [5.41, 5.74) is -0.153. The number of H-pyrrole nitrogens is 1. The Kier molecular flexibility index (Phi) is 3.60. The number of rotatable bonds is 4. The molecule has 0 saturated heterocycles. The molecule has 1 aromatic carbocycles. The van der Waals surface area contributed by atoms with Crippen LogP contribution in [-0.2, 0) is 0 Å². The van der Waals surface area contributed by atoms with E-state index in [2.05, 4.69) is 14.8 Å². The fraction of sp³-hybridized carbons (Fsp3) is 0.0909. The van der Waals surface area contributed by atoms with Gasteiger partial charge in [0.15, 0.2) is 0 Å². The third-order valence-corrected chi connectivity index (χ3v) is 2.10. The van der Waals surface area contributed by atoms with Crippen molar-refractivity contribution in [1.82, 2.24) is 9.66 Å². The van der Waals surface area contributed by atoms with E-state index in [1.807, 2.05) is 0 Å². The highest BCUT2D eigenvalue weighted by Gasteiger charge is 2.04. The molecule has 0 spiro atoms. The number of alkyl halides is 2. The summed E-state index contributed by atoms with van der Waals surface area (Å²) >= 11 is 0. The number of benzene rings is 1. The molecule has 0 amide bonds. The molecular weight excluding hydrogens is 260 g/mol. The molecule has 0 aliphatic heterocycles. The zero-order valence-corrected chi connectivity index (χ0v) is 9.46. The van der Waals surface area contributed by atoms with Crippen LogP contribution in [0.1, 0.15) is 5.56 Å². The quantitative estimate of drug-likeness (QED) is 0.822. The lowest BCUT2D eigenvalue weighted by molar-refractivity contribution is -0.0498. The maximum Gasteiger partial charge on any atom is 0.387 e. The second-order valence-corrected chi connectivity index (χ2v) is 3.48. The monoisotopic (exact) mass is 269 g/mol. The van der Waals surface area contributed by atoms with Crippen molar-refractivity contribution >= 4 is 6.21 Å². The first-order valence-electron chi connectivity index (χ1n) is 5.14. The summed E-state index contributed by atoms with van der Waals surface area (Å²) in [5, 5.41) is 12.8. The van der Waals surface area contributed by atoms with Crippen molar-refractivity contribution in [3.05, 3.63) is 46.5 Å². The van der Waals surface area contributed by atoms with Crippen LogP contribution in [0.3, 0.4) is 0 Å². The molecule has 2 rings (SSSR count). The van der Waals surface area contributed by atoms with Crippen molar-refractivity contribution < 1.29 is 18.6 Å². The van der Waals surface area contributed by atoms with Crippen LogP contribution >= 0.6 is 0 Å². The van der Waals surface area contributed by atoms with Crippen molar-refractivity contribution in [3.8, 4) is 11.6 Å². The molecule has 0 aliphatic rings. The molecule has 0 bridgehead atoms. The lowest BCUT2D eigenvalue weighted by Gasteiger charge is -2.04. The van der Waals surface area contributed by atoms with Crippen LogP contribution in [0.25, 0.3) is 0 Å². The Morgan fingerprint density at radius 2 is 2.26 bits per heavy atom. The molecule has 0 unspecified atom stereocenters. The molecule has 0 saturated carbocycles. The molecule has 2 aromatic rings. The SMILES string of the molecule is O=c1[nH]c(O)cn1/N=C\c1cccc(OC(F)F)c1. The lowest BCUT2D eigenvalue weighted by atomic mass is 10.2. The number of halogens is 2. The molecule has 100 valence electrons. The van der Waals surface area contributed by atoms with E-state index in [4.69, 9.17) is 5.11 Å². The molecule has 0 fully saturated rings. The lowest BCUT2D eigenvalue weighted by Crippen LogP contribution is -2.11. The number of hydrogen-bond donors (Lipinski definition) is 2. The zero-order chi connectivity index (χ0) is 13.8. The van der Waals surface area contributed by atoms with Gasteiger partial charge < -0.3 is 9.84 Å². The van der Waals surface area contributed by atoms with E-state index in [0.29, 0.717) is 5.56 Å². The van der Waals surface area contributed by atoms with Crippen molar-refractivity contribution in [2.75, 3.05) is 0 Å². The van der Waals surface area contributed by atoms with Gasteiger partial charge in [-0.15, -0.1) is 0 Å². The van der Waals surface area contributed by atoms with Gasteiger partial charge in [0.25, 0.3) is 0 Å². The number of nitrogens with zero attached hydrogens (tertiary/aromatic N) is 2. The minimum atomic E-state index is -2.91. The highest BCUT2D eigenvalue weighted by Crippen LogP contribution is 2.14. The summed E-state index contributed by atoms with van der Waals surface area (Å²) < 4.78 is 29.1. The van der Waals surface area contributed by atoms with Gasteiger partial charge in [-0.2, -0.15) is 18.6 Å². The third-order valence-electron chi connectivity index (χ3n) is 2.10. The Labute approximate surface area is 105 Å². The number of imidazole rings is 1. The van der Waals surface area contributed by atoms with Gasteiger partial charge in [0.1, 0.15) is 5.75 Å². The summed E-state index contributed by atoms with van der Waals surface area (Å²) in [4.78, 5) is 13.3. The maximum atomic E-state index is 12.0. The van der Waals surface area contributed by atoms with Gasteiger partial charge in [0.2, 0.25) is 5.88 Å². The van der Waals surface area contributed by atoms with Crippen LogP contribution in [0.15, 0.2) is 40.4 Å². The van der Waals surface area contributed by atoms with E-state index in [1.165, 1.54) is 24.4 Å². The van der Waals surface area contributed by atoms with Crippen molar-refractivity contribution in [2.45, 2.75) is 6.61 Å². The topological polar surface area (TPSA) is 79.6 Å². The Bertz CT molecular complexity index is 649. The van der Waals surface area contributed by atoms with Crippen LogP contribution in [-0.4, -0.2) is 27.6 Å². The van der Waals surface area contributed by atoms with E-state index in [9.17, 15) is 13.6 Å². The predicted molar refractivity (Wildman–Crippen MR) is 62.8 cm³/mol. The smallest absolute Gasteiger partial charge is 0.387 e. The highest BCUT2D eigenvalue weighted by molar-refractivity contribution is 5.80. The van der Waals surface area contributed by atoms with E-state index in [-0.39, 0.29) is 11.6 Å². The Balaban J connectivity index is 2.19. The fourth-order valence-corrected chi connectivity index (χ4v) is 1.36. The first kappa shape index (κ1) is 12.8.